The molecular weight excluding hydrogens is 456 g/mol. The summed E-state index contributed by atoms with van der Waals surface area (Å²) >= 11 is 0. The summed E-state index contributed by atoms with van der Waals surface area (Å²) in [7, 11) is 0. The highest BCUT2D eigenvalue weighted by Gasteiger charge is 2.68. The number of aliphatic hydroxyl groups excluding tert-OH is 1. The molecule has 5 aliphatic carbocycles. The summed E-state index contributed by atoms with van der Waals surface area (Å²) in [6.07, 6.45) is 12.7. The normalized spacial score (nSPS) is 44.0. The fourth-order valence-electron chi connectivity index (χ4n) is 9.17. The first-order valence-electron chi connectivity index (χ1n) is 14.0. The average Bonchev–Trinajstić information content (AvgIpc) is 3.44. The molecule has 6 nitrogen and oxygen atoms in total. The third-order valence-electron chi connectivity index (χ3n) is 11.0. The maximum absolute atomic E-state index is 13.4. The maximum atomic E-state index is 13.4. The lowest BCUT2D eigenvalue weighted by Gasteiger charge is -2.60. The van der Waals surface area contributed by atoms with Crippen LogP contribution in [0.4, 0.5) is 0 Å². The summed E-state index contributed by atoms with van der Waals surface area (Å²) in [5, 5.41) is 23.3. The third kappa shape index (κ3) is 3.94. The zero-order valence-electron chi connectivity index (χ0n) is 22.0. The molecule has 0 aliphatic heterocycles. The predicted molar refractivity (Wildman–Crippen MR) is 135 cm³/mol. The number of carbonyl (C=O) groups is 3. The topological polar surface area (TPSA) is 101 Å². The van der Waals surface area contributed by atoms with Gasteiger partial charge in [0.25, 0.3) is 0 Å². The number of allylic oxidation sites excluding steroid dienone is 4. The highest BCUT2D eigenvalue weighted by atomic mass is 16.5. The molecule has 8 atom stereocenters. The monoisotopic (exact) mass is 498 g/mol. The molecule has 5 aliphatic rings. The Morgan fingerprint density at radius 1 is 1.17 bits per heavy atom. The number of Topliss-reactive ketones (excluding diaryl/α,β-unsaturated/α-hetero) is 1. The van der Waals surface area contributed by atoms with Crippen molar-refractivity contribution in [2.45, 2.75) is 96.7 Å². The summed E-state index contributed by atoms with van der Waals surface area (Å²) in [6, 6.07) is 0. The molecular formula is C30H42O6. The molecule has 0 aromatic carbocycles. The molecule has 0 bridgehead atoms. The van der Waals surface area contributed by atoms with Gasteiger partial charge in [-0.2, -0.15) is 0 Å². The number of hydrogen-bond donors (Lipinski definition) is 2. The molecule has 4 unspecified atom stereocenters. The van der Waals surface area contributed by atoms with Gasteiger partial charge in [0.05, 0.1) is 6.10 Å². The van der Waals surface area contributed by atoms with E-state index in [1.165, 1.54) is 12.8 Å². The summed E-state index contributed by atoms with van der Waals surface area (Å²) in [4.78, 5) is 37.8. The lowest BCUT2D eigenvalue weighted by molar-refractivity contribution is -0.182. The number of ether oxygens (including phenoxy) is 1. The highest BCUT2D eigenvalue weighted by Crippen LogP contribution is 2.67. The Hall–Kier alpha value is -1.79. The quantitative estimate of drug-likeness (QED) is 0.529. The van der Waals surface area contributed by atoms with Gasteiger partial charge in [0, 0.05) is 23.2 Å². The van der Waals surface area contributed by atoms with Gasteiger partial charge >= 0.3 is 5.97 Å². The lowest BCUT2D eigenvalue weighted by atomic mass is 9.45. The molecule has 0 radical (unpaired) electrons. The van der Waals surface area contributed by atoms with Crippen LogP contribution in [0.5, 0.6) is 0 Å². The molecule has 0 aromatic heterocycles. The number of rotatable bonds is 6. The van der Waals surface area contributed by atoms with E-state index in [1.807, 2.05) is 13.0 Å². The van der Waals surface area contributed by atoms with Crippen LogP contribution in [0.25, 0.3) is 0 Å². The summed E-state index contributed by atoms with van der Waals surface area (Å²) in [5.41, 5.74) is -1.72. The van der Waals surface area contributed by atoms with Gasteiger partial charge in [-0.05, 0) is 67.9 Å². The SMILES string of the molecule is C[C@H]1CC2[C@H](C(O)CC3(C)[C@H]2CC[C@]3(O)C(=O)COC(=O)CCC2CCCC2)C2(C)C=CC(=O)C=C12. The molecule has 0 heterocycles. The molecule has 0 amide bonds. The number of fused-ring (bicyclic) bond motifs is 5. The minimum absolute atomic E-state index is 0.00143. The van der Waals surface area contributed by atoms with Crippen molar-refractivity contribution in [1.82, 2.24) is 0 Å². The van der Waals surface area contributed by atoms with E-state index < -0.39 is 34.9 Å². The number of carbonyl (C=O) groups excluding carboxylic acids is 3. The molecule has 0 saturated heterocycles. The van der Waals surface area contributed by atoms with Crippen molar-refractivity contribution in [2.24, 2.45) is 40.4 Å². The lowest BCUT2D eigenvalue weighted by Crippen LogP contribution is -2.62. The molecule has 0 spiro atoms. The van der Waals surface area contributed by atoms with E-state index in [4.69, 9.17) is 4.74 Å². The zero-order chi connectivity index (χ0) is 25.9. The third-order valence-corrected chi connectivity index (χ3v) is 11.0. The van der Waals surface area contributed by atoms with Crippen molar-refractivity contribution in [1.29, 1.82) is 0 Å². The van der Waals surface area contributed by atoms with Crippen LogP contribution in [0.2, 0.25) is 0 Å². The van der Waals surface area contributed by atoms with E-state index in [2.05, 4.69) is 13.8 Å². The van der Waals surface area contributed by atoms with Crippen LogP contribution in [0.15, 0.2) is 23.8 Å². The Kier molecular flexibility index (Phi) is 6.60. The van der Waals surface area contributed by atoms with Gasteiger partial charge in [-0.25, -0.2) is 0 Å². The first-order valence-corrected chi connectivity index (χ1v) is 14.0. The Balaban J connectivity index is 1.30. The van der Waals surface area contributed by atoms with Crippen molar-refractivity contribution in [2.75, 3.05) is 6.61 Å². The van der Waals surface area contributed by atoms with Gasteiger partial charge in [0.15, 0.2) is 12.4 Å². The van der Waals surface area contributed by atoms with Crippen LogP contribution in [0, 0.1) is 40.4 Å². The second kappa shape index (κ2) is 9.20. The first kappa shape index (κ1) is 25.8. The van der Waals surface area contributed by atoms with Gasteiger partial charge < -0.3 is 14.9 Å². The van der Waals surface area contributed by atoms with Crippen LogP contribution in [-0.2, 0) is 19.1 Å². The number of esters is 1. The molecule has 198 valence electrons. The van der Waals surface area contributed by atoms with Crippen molar-refractivity contribution >= 4 is 17.5 Å². The van der Waals surface area contributed by atoms with Gasteiger partial charge in [0.1, 0.15) is 5.60 Å². The summed E-state index contributed by atoms with van der Waals surface area (Å²) < 4.78 is 5.35. The summed E-state index contributed by atoms with van der Waals surface area (Å²) in [5.74, 6) is 0.102. The van der Waals surface area contributed by atoms with Crippen LogP contribution >= 0.6 is 0 Å². The maximum Gasteiger partial charge on any atom is 0.306 e. The van der Waals surface area contributed by atoms with Crippen LogP contribution in [0.3, 0.4) is 0 Å². The smallest absolute Gasteiger partial charge is 0.306 e. The van der Waals surface area contributed by atoms with Crippen LogP contribution in [0.1, 0.15) is 85.0 Å². The molecule has 4 saturated carbocycles. The van der Waals surface area contributed by atoms with Crippen LogP contribution in [-0.4, -0.2) is 46.1 Å². The molecule has 0 aromatic rings. The number of aliphatic hydroxyl groups is 2. The van der Waals surface area contributed by atoms with Crippen LogP contribution < -0.4 is 0 Å². The van der Waals surface area contributed by atoms with E-state index in [-0.39, 0.29) is 35.4 Å². The minimum atomic E-state index is -1.62. The van der Waals surface area contributed by atoms with Crippen molar-refractivity contribution < 1.29 is 29.3 Å². The van der Waals surface area contributed by atoms with Crippen molar-refractivity contribution in [3.63, 3.8) is 0 Å². The van der Waals surface area contributed by atoms with Gasteiger partial charge in [-0.15, -0.1) is 0 Å². The van der Waals surface area contributed by atoms with E-state index >= 15 is 0 Å². The number of ketones is 2. The van der Waals surface area contributed by atoms with Crippen molar-refractivity contribution in [3.8, 4) is 0 Å². The minimum Gasteiger partial charge on any atom is -0.458 e. The molecule has 5 rings (SSSR count). The van der Waals surface area contributed by atoms with Crippen molar-refractivity contribution in [3.05, 3.63) is 23.8 Å². The first-order chi connectivity index (χ1) is 17.0. The Morgan fingerprint density at radius 2 is 1.89 bits per heavy atom. The van der Waals surface area contributed by atoms with Gasteiger partial charge in [0.2, 0.25) is 5.78 Å². The highest BCUT2D eigenvalue weighted by molar-refractivity contribution is 6.01. The fourth-order valence-corrected chi connectivity index (χ4v) is 9.17. The zero-order valence-corrected chi connectivity index (χ0v) is 22.0. The Morgan fingerprint density at radius 3 is 2.61 bits per heavy atom. The van der Waals surface area contributed by atoms with Gasteiger partial charge in [-0.3, -0.25) is 14.4 Å². The Bertz CT molecular complexity index is 991. The predicted octanol–water partition coefficient (Wildman–Crippen LogP) is 4.32. The summed E-state index contributed by atoms with van der Waals surface area (Å²) in [6.45, 7) is 5.81. The largest absolute Gasteiger partial charge is 0.458 e. The molecule has 2 N–H and O–H groups in total. The van der Waals surface area contributed by atoms with E-state index in [1.54, 1.807) is 12.2 Å². The average molecular weight is 499 g/mol. The fraction of sp³-hybridized carbons (Fsp3) is 0.767. The van der Waals surface area contributed by atoms with E-state index in [0.717, 1.165) is 31.3 Å². The molecule has 36 heavy (non-hydrogen) atoms. The number of hydrogen-bond acceptors (Lipinski definition) is 6. The Labute approximate surface area is 214 Å². The standard InChI is InChI=1S/C30H42O6/c1-18-14-21-22-11-13-30(35,25(33)17-36-26(34)9-8-19-6-4-5-7-19)29(22,3)16-24(32)27(21)28(2)12-10-20(31)15-23(18)28/h10,12,15,18-19,21-22,24,27,32,35H,4-9,11,13-14,16-17H2,1-3H3/t18-,21?,22-,24?,27+,28?,29?,30-/m0/s1. The van der Waals surface area contributed by atoms with E-state index in [0.29, 0.717) is 31.6 Å². The van der Waals surface area contributed by atoms with Gasteiger partial charge in [-0.1, -0.05) is 58.1 Å². The molecule has 4 fully saturated rings. The molecule has 6 heteroatoms. The second-order valence-electron chi connectivity index (χ2n) is 12.9. The second-order valence-corrected chi connectivity index (χ2v) is 12.9. The van der Waals surface area contributed by atoms with E-state index in [9.17, 15) is 24.6 Å².